The Morgan fingerprint density at radius 3 is 2.89 bits per heavy atom. The standard InChI is InChI=1S/C11H12N4O3/c1-7-6-8(15(16)17)2-3-9(7)11-13-10(4-5-12)14-18-11/h2-3,6H,4-5,12H2,1H3. The fraction of sp³-hybridized carbons (Fsp3) is 0.273. The summed E-state index contributed by atoms with van der Waals surface area (Å²) < 4.78 is 5.10. The zero-order valence-electron chi connectivity index (χ0n) is 9.79. The molecule has 1 heterocycles. The third-order valence-electron chi connectivity index (χ3n) is 2.49. The fourth-order valence-electron chi connectivity index (χ4n) is 1.60. The predicted molar refractivity (Wildman–Crippen MR) is 63.9 cm³/mol. The third kappa shape index (κ3) is 2.35. The van der Waals surface area contributed by atoms with E-state index in [1.165, 1.54) is 12.1 Å². The van der Waals surface area contributed by atoms with Crippen LogP contribution in [-0.4, -0.2) is 21.6 Å². The first-order valence-corrected chi connectivity index (χ1v) is 5.40. The van der Waals surface area contributed by atoms with Crippen molar-refractivity contribution in [2.24, 2.45) is 5.73 Å². The molecule has 0 radical (unpaired) electrons. The molecule has 2 N–H and O–H groups in total. The SMILES string of the molecule is Cc1cc([N+](=O)[O-])ccc1-c1nc(CCN)no1. The van der Waals surface area contributed by atoms with Gasteiger partial charge in [0.1, 0.15) is 0 Å². The van der Waals surface area contributed by atoms with Gasteiger partial charge in [0.15, 0.2) is 5.82 Å². The molecule has 7 heteroatoms. The topological polar surface area (TPSA) is 108 Å². The number of benzene rings is 1. The van der Waals surface area contributed by atoms with E-state index in [0.717, 1.165) is 0 Å². The number of nitro benzene ring substituents is 1. The average Bonchev–Trinajstić information content (AvgIpc) is 2.77. The Balaban J connectivity index is 2.35. The summed E-state index contributed by atoms with van der Waals surface area (Å²) in [6, 6.07) is 4.49. The summed E-state index contributed by atoms with van der Waals surface area (Å²) in [5.41, 5.74) is 6.84. The van der Waals surface area contributed by atoms with Crippen molar-refractivity contribution in [3.05, 3.63) is 39.7 Å². The minimum atomic E-state index is -0.440. The molecule has 0 saturated carbocycles. The molecule has 0 saturated heterocycles. The van der Waals surface area contributed by atoms with Crippen LogP contribution in [0.4, 0.5) is 5.69 Å². The summed E-state index contributed by atoms with van der Waals surface area (Å²) in [6.45, 7) is 2.20. The van der Waals surface area contributed by atoms with Gasteiger partial charge in [-0.05, 0) is 25.1 Å². The van der Waals surface area contributed by atoms with Crippen LogP contribution in [0.3, 0.4) is 0 Å². The highest BCUT2D eigenvalue weighted by Gasteiger charge is 2.14. The molecule has 0 atom stereocenters. The lowest BCUT2D eigenvalue weighted by atomic mass is 10.1. The fourth-order valence-corrected chi connectivity index (χ4v) is 1.60. The first-order valence-electron chi connectivity index (χ1n) is 5.40. The van der Waals surface area contributed by atoms with E-state index in [4.69, 9.17) is 10.3 Å². The maximum Gasteiger partial charge on any atom is 0.269 e. The van der Waals surface area contributed by atoms with Crippen LogP contribution in [0.5, 0.6) is 0 Å². The molecule has 94 valence electrons. The second-order valence-corrected chi connectivity index (χ2v) is 3.81. The van der Waals surface area contributed by atoms with Gasteiger partial charge in [-0.3, -0.25) is 10.1 Å². The van der Waals surface area contributed by atoms with Crippen LogP contribution in [-0.2, 0) is 6.42 Å². The second kappa shape index (κ2) is 4.92. The van der Waals surface area contributed by atoms with Crippen molar-refractivity contribution in [1.82, 2.24) is 10.1 Å². The minimum absolute atomic E-state index is 0.0398. The summed E-state index contributed by atoms with van der Waals surface area (Å²) >= 11 is 0. The van der Waals surface area contributed by atoms with E-state index in [-0.39, 0.29) is 5.69 Å². The summed E-state index contributed by atoms with van der Waals surface area (Å²) in [5, 5.41) is 14.4. The molecule has 2 rings (SSSR count). The van der Waals surface area contributed by atoms with Crippen molar-refractivity contribution < 1.29 is 9.45 Å². The number of non-ortho nitro benzene ring substituents is 1. The molecule has 0 fully saturated rings. The van der Waals surface area contributed by atoms with Gasteiger partial charge in [0, 0.05) is 24.1 Å². The molecule has 0 aliphatic carbocycles. The van der Waals surface area contributed by atoms with Gasteiger partial charge in [-0.25, -0.2) is 0 Å². The number of nitrogens with zero attached hydrogens (tertiary/aromatic N) is 3. The Kier molecular flexibility index (Phi) is 3.33. The first-order chi connectivity index (χ1) is 8.61. The van der Waals surface area contributed by atoms with E-state index in [1.807, 2.05) is 0 Å². The van der Waals surface area contributed by atoms with Crippen LogP contribution in [0.2, 0.25) is 0 Å². The zero-order valence-corrected chi connectivity index (χ0v) is 9.79. The monoisotopic (exact) mass is 248 g/mol. The van der Waals surface area contributed by atoms with Crippen LogP contribution < -0.4 is 5.73 Å². The zero-order chi connectivity index (χ0) is 13.1. The quantitative estimate of drug-likeness (QED) is 0.648. The first kappa shape index (κ1) is 12.2. The molecule has 18 heavy (non-hydrogen) atoms. The normalized spacial score (nSPS) is 10.6. The average molecular weight is 248 g/mol. The third-order valence-corrected chi connectivity index (χ3v) is 2.49. The van der Waals surface area contributed by atoms with Crippen LogP contribution in [0, 0.1) is 17.0 Å². The van der Waals surface area contributed by atoms with E-state index >= 15 is 0 Å². The van der Waals surface area contributed by atoms with Crippen molar-refractivity contribution in [3.63, 3.8) is 0 Å². The molecule has 1 aromatic carbocycles. The summed E-state index contributed by atoms with van der Waals surface area (Å²) in [7, 11) is 0. The smallest absolute Gasteiger partial charge is 0.269 e. The molecule has 0 aliphatic rings. The minimum Gasteiger partial charge on any atom is -0.334 e. The van der Waals surface area contributed by atoms with Gasteiger partial charge in [0.2, 0.25) is 0 Å². The van der Waals surface area contributed by atoms with Gasteiger partial charge in [-0.15, -0.1) is 0 Å². The van der Waals surface area contributed by atoms with Gasteiger partial charge in [-0.1, -0.05) is 5.16 Å². The highest BCUT2D eigenvalue weighted by Crippen LogP contribution is 2.25. The van der Waals surface area contributed by atoms with Crippen LogP contribution >= 0.6 is 0 Å². The number of nitro groups is 1. The number of rotatable bonds is 4. The lowest BCUT2D eigenvalue weighted by Crippen LogP contribution is -2.03. The second-order valence-electron chi connectivity index (χ2n) is 3.81. The Morgan fingerprint density at radius 1 is 1.50 bits per heavy atom. The highest BCUT2D eigenvalue weighted by atomic mass is 16.6. The summed E-state index contributed by atoms with van der Waals surface area (Å²) in [6.07, 6.45) is 0.537. The maximum atomic E-state index is 10.6. The van der Waals surface area contributed by atoms with Gasteiger partial charge in [0.05, 0.1) is 4.92 Å². The van der Waals surface area contributed by atoms with Crippen molar-refractivity contribution in [1.29, 1.82) is 0 Å². The van der Waals surface area contributed by atoms with Crippen molar-refractivity contribution in [3.8, 4) is 11.5 Å². The van der Waals surface area contributed by atoms with Gasteiger partial charge < -0.3 is 10.3 Å². The van der Waals surface area contributed by atoms with E-state index in [1.54, 1.807) is 13.0 Å². The van der Waals surface area contributed by atoms with Gasteiger partial charge in [0.25, 0.3) is 11.6 Å². The van der Waals surface area contributed by atoms with Crippen LogP contribution in [0.15, 0.2) is 22.7 Å². The Bertz CT molecular complexity index is 579. The van der Waals surface area contributed by atoms with E-state index in [0.29, 0.717) is 35.8 Å². The molecule has 0 spiro atoms. The Labute approximate surface area is 103 Å². The van der Waals surface area contributed by atoms with Gasteiger partial charge in [-0.2, -0.15) is 4.98 Å². The lowest BCUT2D eigenvalue weighted by Gasteiger charge is -1.99. The number of aryl methyl sites for hydroxylation is 1. The van der Waals surface area contributed by atoms with Crippen molar-refractivity contribution in [2.45, 2.75) is 13.3 Å². The van der Waals surface area contributed by atoms with Crippen molar-refractivity contribution >= 4 is 5.69 Å². The predicted octanol–water partition coefficient (Wildman–Crippen LogP) is 1.45. The van der Waals surface area contributed by atoms with Crippen LogP contribution in [0.25, 0.3) is 11.5 Å². The Hall–Kier alpha value is -2.28. The van der Waals surface area contributed by atoms with Crippen molar-refractivity contribution in [2.75, 3.05) is 6.54 Å². The molecule has 0 unspecified atom stereocenters. The van der Waals surface area contributed by atoms with Crippen LogP contribution in [0.1, 0.15) is 11.4 Å². The highest BCUT2D eigenvalue weighted by molar-refractivity contribution is 5.60. The molecule has 7 nitrogen and oxygen atoms in total. The number of aromatic nitrogens is 2. The molecule has 0 bridgehead atoms. The molecular formula is C11H12N4O3. The largest absolute Gasteiger partial charge is 0.334 e. The number of hydrogen-bond donors (Lipinski definition) is 1. The summed E-state index contributed by atoms with van der Waals surface area (Å²) in [4.78, 5) is 14.4. The summed E-state index contributed by atoms with van der Waals surface area (Å²) in [5.74, 6) is 0.885. The molecule has 0 aliphatic heterocycles. The lowest BCUT2D eigenvalue weighted by molar-refractivity contribution is -0.384. The van der Waals surface area contributed by atoms with E-state index < -0.39 is 4.92 Å². The van der Waals surface area contributed by atoms with E-state index in [9.17, 15) is 10.1 Å². The molecule has 1 aromatic heterocycles. The van der Waals surface area contributed by atoms with E-state index in [2.05, 4.69) is 10.1 Å². The number of nitrogens with two attached hydrogens (primary N) is 1. The Morgan fingerprint density at radius 2 is 2.28 bits per heavy atom. The number of hydrogen-bond acceptors (Lipinski definition) is 6. The molecule has 0 amide bonds. The maximum absolute atomic E-state index is 10.6. The molecule has 2 aromatic rings. The van der Waals surface area contributed by atoms with Gasteiger partial charge >= 0.3 is 0 Å². The molecular weight excluding hydrogens is 236 g/mol.